The van der Waals surface area contributed by atoms with Crippen LogP contribution in [-0.4, -0.2) is 35.8 Å². The number of rotatable bonds is 8. The summed E-state index contributed by atoms with van der Waals surface area (Å²) in [5.74, 6) is 1.85. The van der Waals surface area contributed by atoms with E-state index in [1.807, 2.05) is 19.9 Å². The molecule has 2 N–H and O–H groups in total. The van der Waals surface area contributed by atoms with Crippen LogP contribution in [0.25, 0.3) is 0 Å². The van der Waals surface area contributed by atoms with Gasteiger partial charge in [-0.15, -0.1) is 0 Å². The predicted octanol–water partition coefficient (Wildman–Crippen LogP) is 3.26. The molecular formula is C17H23F2N5O2. The molecule has 0 fully saturated rings. The summed E-state index contributed by atoms with van der Waals surface area (Å²) < 4.78 is 37.4. The minimum atomic E-state index is -2.64. The van der Waals surface area contributed by atoms with Gasteiger partial charge in [-0.1, -0.05) is 0 Å². The van der Waals surface area contributed by atoms with Crippen LogP contribution in [0.2, 0.25) is 0 Å². The van der Waals surface area contributed by atoms with E-state index in [4.69, 9.17) is 9.47 Å². The Labute approximate surface area is 151 Å². The molecule has 2 aromatic rings. The van der Waals surface area contributed by atoms with E-state index in [1.165, 1.54) is 12.4 Å². The minimum Gasteiger partial charge on any atom is -0.493 e. The molecule has 0 unspecified atom stereocenters. The van der Waals surface area contributed by atoms with Gasteiger partial charge in [0.1, 0.15) is 12.4 Å². The number of alkyl halides is 2. The number of hydrogen-bond donors (Lipinski definition) is 2. The van der Waals surface area contributed by atoms with Gasteiger partial charge in [-0.2, -0.15) is 8.78 Å². The van der Waals surface area contributed by atoms with Crippen LogP contribution in [0.15, 0.2) is 35.6 Å². The Morgan fingerprint density at radius 2 is 2.12 bits per heavy atom. The summed E-state index contributed by atoms with van der Waals surface area (Å²) in [6.07, 6.45) is 2.56. The van der Waals surface area contributed by atoms with Crippen LogP contribution in [0.4, 0.5) is 14.5 Å². The zero-order valence-corrected chi connectivity index (χ0v) is 15.0. The van der Waals surface area contributed by atoms with Crippen molar-refractivity contribution in [3.05, 3.63) is 36.4 Å². The van der Waals surface area contributed by atoms with Gasteiger partial charge < -0.3 is 20.1 Å². The molecule has 1 aromatic heterocycles. The standard InChI is InChI=1S/C17H23F2N5O2/c1-4-20-17(22-11-15-21-8-9-24(15)16(18)19)23-12-6-7-13(26-5-2)14(10-12)25-3/h6-10,16H,4-5,11H2,1-3H3,(H2,20,22,23). The molecule has 0 aliphatic rings. The number of benzene rings is 1. The molecule has 7 nitrogen and oxygen atoms in total. The van der Waals surface area contributed by atoms with Gasteiger partial charge in [0.15, 0.2) is 17.5 Å². The Hall–Kier alpha value is -2.84. The lowest BCUT2D eigenvalue weighted by atomic mass is 10.2. The van der Waals surface area contributed by atoms with Crippen molar-refractivity contribution < 1.29 is 18.3 Å². The molecule has 142 valence electrons. The van der Waals surface area contributed by atoms with Crippen molar-refractivity contribution in [2.75, 3.05) is 25.6 Å². The zero-order chi connectivity index (χ0) is 18.9. The molecule has 9 heteroatoms. The van der Waals surface area contributed by atoms with E-state index in [0.717, 1.165) is 10.3 Å². The molecule has 0 bridgehead atoms. The van der Waals surface area contributed by atoms with Gasteiger partial charge in [-0.3, -0.25) is 4.57 Å². The van der Waals surface area contributed by atoms with E-state index >= 15 is 0 Å². The first-order valence-electron chi connectivity index (χ1n) is 8.25. The number of ether oxygens (including phenoxy) is 2. The minimum absolute atomic E-state index is 0.0147. The average molecular weight is 367 g/mol. The summed E-state index contributed by atoms with van der Waals surface area (Å²) >= 11 is 0. The topological polar surface area (TPSA) is 72.7 Å². The third-order valence-corrected chi connectivity index (χ3v) is 3.41. The smallest absolute Gasteiger partial charge is 0.319 e. The Morgan fingerprint density at radius 3 is 2.77 bits per heavy atom. The number of aliphatic imine (C=N–C) groups is 1. The molecule has 0 aliphatic carbocycles. The highest BCUT2D eigenvalue weighted by molar-refractivity contribution is 5.93. The van der Waals surface area contributed by atoms with E-state index < -0.39 is 6.55 Å². The molecule has 1 heterocycles. The van der Waals surface area contributed by atoms with E-state index in [-0.39, 0.29) is 12.4 Å². The summed E-state index contributed by atoms with van der Waals surface area (Å²) in [6.45, 7) is 2.32. The molecule has 26 heavy (non-hydrogen) atoms. The second-order valence-corrected chi connectivity index (χ2v) is 5.15. The van der Waals surface area contributed by atoms with Gasteiger partial charge in [-0.05, 0) is 26.0 Å². The summed E-state index contributed by atoms with van der Waals surface area (Å²) in [5, 5.41) is 6.18. The maximum Gasteiger partial charge on any atom is 0.319 e. The fraction of sp³-hybridized carbons (Fsp3) is 0.412. The van der Waals surface area contributed by atoms with Gasteiger partial charge in [0, 0.05) is 30.7 Å². The second-order valence-electron chi connectivity index (χ2n) is 5.15. The summed E-state index contributed by atoms with van der Waals surface area (Å²) in [6, 6.07) is 5.39. The van der Waals surface area contributed by atoms with Gasteiger partial charge in [0.2, 0.25) is 0 Å². The lowest BCUT2D eigenvalue weighted by molar-refractivity contribution is 0.0671. The molecular weight excluding hydrogens is 344 g/mol. The zero-order valence-electron chi connectivity index (χ0n) is 15.0. The fourth-order valence-electron chi connectivity index (χ4n) is 2.26. The van der Waals surface area contributed by atoms with Crippen LogP contribution in [-0.2, 0) is 6.54 Å². The molecule has 0 atom stereocenters. The van der Waals surface area contributed by atoms with Crippen molar-refractivity contribution in [1.82, 2.24) is 14.9 Å². The van der Waals surface area contributed by atoms with Crippen LogP contribution in [0.3, 0.4) is 0 Å². The maximum atomic E-state index is 12.9. The van der Waals surface area contributed by atoms with Crippen molar-refractivity contribution in [2.24, 2.45) is 4.99 Å². The van der Waals surface area contributed by atoms with Gasteiger partial charge in [0.25, 0.3) is 0 Å². The first kappa shape index (κ1) is 19.5. The third kappa shape index (κ3) is 5.08. The van der Waals surface area contributed by atoms with Crippen molar-refractivity contribution in [2.45, 2.75) is 26.9 Å². The number of methoxy groups -OCH3 is 1. The molecule has 0 aliphatic heterocycles. The number of nitrogens with zero attached hydrogens (tertiary/aromatic N) is 3. The molecule has 0 radical (unpaired) electrons. The Morgan fingerprint density at radius 1 is 1.31 bits per heavy atom. The molecule has 0 amide bonds. The number of halogens is 2. The van der Waals surface area contributed by atoms with Crippen LogP contribution in [0.5, 0.6) is 11.5 Å². The van der Waals surface area contributed by atoms with Gasteiger partial charge in [-0.25, -0.2) is 9.98 Å². The summed E-state index contributed by atoms with van der Waals surface area (Å²) in [5.41, 5.74) is 0.724. The number of nitrogens with one attached hydrogen (secondary N) is 2. The Kier molecular flexibility index (Phi) is 7.19. The highest BCUT2D eigenvalue weighted by Gasteiger charge is 2.11. The van der Waals surface area contributed by atoms with Crippen molar-refractivity contribution in [1.29, 1.82) is 0 Å². The number of anilines is 1. The van der Waals surface area contributed by atoms with Gasteiger partial charge in [0.05, 0.1) is 13.7 Å². The Balaban J connectivity index is 2.15. The third-order valence-electron chi connectivity index (χ3n) is 3.41. The maximum absolute atomic E-state index is 12.9. The summed E-state index contributed by atoms with van der Waals surface area (Å²) in [4.78, 5) is 8.23. The highest BCUT2D eigenvalue weighted by atomic mass is 19.3. The van der Waals surface area contributed by atoms with E-state index in [1.54, 1.807) is 19.2 Å². The average Bonchev–Trinajstić information content (AvgIpc) is 3.10. The van der Waals surface area contributed by atoms with E-state index in [9.17, 15) is 8.78 Å². The van der Waals surface area contributed by atoms with E-state index in [0.29, 0.717) is 30.6 Å². The van der Waals surface area contributed by atoms with Crippen LogP contribution in [0.1, 0.15) is 26.2 Å². The molecule has 0 spiro atoms. The first-order chi connectivity index (χ1) is 12.6. The van der Waals surface area contributed by atoms with Crippen LogP contribution >= 0.6 is 0 Å². The lowest BCUT2D eigenvalue weighted by Crippen LogP contribution is -2.30. The second kappa shape index (κ2) is 9.59. The monoisotopic (exact) mass is 367 g/mol. The molecule has 0 saturated carbocycles. The first-order valence-corrected chi connectivity index (χ1v) is 8.25. The van der Waals surface area contributed by atoms with E-state index in [2.05, 4.69) is 20.6 Å². The van der Waals surface area contributed by atoms with Crippen molar-refractivity contribution >= 4 is 11.6 Å². The fourth-order valence-corrected chi connectivity index (χ4v) is 2.26. The number of hydrogen-bond acceptors (Lipinski definition) is 4. The van der Waals surface area contributed by atoms with Gasteiger partial charge >= 0.3 is 6.55 Å². The van der Waals surface area contributed by atoms with Crippen LogP contribution < -0.4 is 20.1 Å². The van der Waals surface area contributed by atoms with Crippen molar-refractivity contribution in [3.8, 4) is 11.5 Å². The molecule has 1 aromatic carbocycles. The number of guanidine groups is 1. The molecule has 2 rings (SSSR count). The SMILES string of the molecule is CCNC(=NCc1nccn1C(F)F)Nc1ccc(OCC)c(OC)c1. The number of imidazole rings is 1. The van der Waals surface area contributed by atoms with Crippen LogP contribution in [0, 0.1) is 0 Å². The predicted molar refractivity (Wildman–Crippen MR) is 96.1 cm³/mol. The lowest BCUT2D eigenvalue weighted by Gasteiger charge is -2.14. The molecule has 0 saturated heterocycles. The Bertz CT molecular complexity index is 734. The largest absolute Gasteiger partial charge is 0.493 e. The normalized spacial score (nSPS) is 11.5. The quantitative estimate of drug-likeness (QED) is 0.553. The number of aromatic nitrogens is 2. The highest BCUT2D eigenvalue weighted by Crippen LogP contribution is 2.30. The van der Waals surface area contributed by atoms with Crippen molar-refractivity contribution in [3.63, 3.8) is 0 Å². The summed E-state index contributed by atoms with van der Waals surface area (Å²) in [7, 11) is 1.56.